The second-order valence-electron chi connectivity index (χ2n) is 6.89. The highest BCUT2D eigenvalue weighted by atomic mass is 19.1. The molecule has 0 aliphatic carbocycles. The molecule has 0 aromatic heterocycles. The summed E-state index contributed by atoms with van der Waals surface area (Å²) in [4.78, 5) is 27.5. The van der Waals surface area contributed by atoms with Gasteiger partial charge in [0.15, 0.2) is 6.61 Å². The number of likely N-dealkylation sites (tertiary alicyclic amines) is 1. The molecule has 3 rings (SSSR count). The lowest BCUT2D eigenvalue weighted by atomic mass is 10.1. The second-order valence-corrected chi connectivity index (χ2v) is 6.89. The van der Waals surface area contributed by atoms with Gasteiger partial charge >= 0.3 is 0 Å². The minimum absolute atomic E-state index is 0.0732. The molecule has 1 aliphatic rings. The summed E-state index contributed by atoms with van der Waals surface area (Å²) in [6.45, 7) is 1.75. The van der Waals surface area contributed by atoms with Gasteiger partial charge in [0.1, 0.15) is 17.4 Å². The molecule has 8 heteroatoms. The van der Waals surface area contributed by atoms with Crippen molar-refractivity contribution in [2.75, 3.05) is 24.6 Å². The van der Waals surface area contributed by atoms with Gasteiger partial charge in [0.2, 0.25) is 5.91 Å². The highest BCUT2D eigenvalue weighted by Gasteiger charge is 2.33. The van der Waals surface area contributed by atoms with Crippen LogP contribution >= 0.6 is 0 Å². The van der Waals surface area contributed by atoms with E-state index in [9.17, 15) is 18.4 Å². The number of benzene rings is 2. The van der Waals surface area contributed by atoms with E-state index in [1.54, 1.807) is 29.2 Å². The largest absolute Gasteiger partial charge is 0.484 e. The summed E-state index contributed by atoms with van der Waals surface area (Å²) in [6, 6.07) is 9.33. The Kier molecular flexibility index (Phi) is 6.43. The Labute approximate surface area is 167 Å². The number of rotatable bonds is 6. The fraction of sp³-hybridized carbons (Fsp3) is 0.333. The zero-order valence-electron chi connectivity index (χ0n) is 16.0. The number of halogens is 2. The van der Waals surface area contributed by atoms with Gasteiger partial charge in [-0.1, -0.05) is 12.1 Å². The lowest BCUT2D eigenvalue weighted by Crippen LogP contribution is -2.42. The maximum Gasteiger partial charge on any atom is 0.260 e. The summed E-state index contributed by atoms with van der Waals surface area (Å²) in [7, 11) is 0. The summed E-state index contributed by atoms with van der Waals surface area (Å²) in [5.74, 6) is -1.62. The minimum Gasteiger partial charge on any atom is -0.484 e. The fourth-order valence-corrected chi connectivity index (χ4v) is 3.43. The first kappa shape index (κ1) is 20.7. The van der Waals surface area contributed by atoms with Crippen molar-refractivity contribution in [2.24, 2.45) is 0 Å². The van der Waals surface area contributed by atoms with E-state index in [1.807, 2.05) is 0 Å². The van der Waals surface area contributed by atoms with Crippen LogP contribution in [-0.2, 0) is 16.2 Å². The molecule has 1 atom stereocenters. The topological polar surface area (TPSA) is 70.1 Å². The number of nitrogens with zero attached hydrogens (tertiary/aromatic N) is 2. The van der Waals surface area contributed by atoms with E-state index in [4.69, 9.17) is 9.84 Å². The molecule has 2 aromatic carbocycles. The number of aliphatic hydroxyl groups excluding tert-OH is 1. The van der Waals surface area contributed by atoms with Gasteiger partial charge in [-0.15, -0.1) is 0 Å². The third kappa shape index (κ3) is 5.08. The van der Waals surface area contributed by atoms with Gasteiger partial charge in [-0.3, -0.25) is 9.59 Å². The van der Waals surface area contributed by atoms with E-state index < -0.39 is 11.6 Å². The van der Waals surface area contributed by atoms with Gasteiger partial charge in [-0.05, 0) is 36.2 Å². The molecule has 1 heterocycles. The SMILES string of the molecule is CC(=O)N(c1cc(F)cc(F)c1)C1CCN(C(=O)COc2ccc(CO)cc2)C1. The molecule has 0 spiro atoms. The van der Waals surface area contributed by atoms with Crippen LogP contribution in [0.3, 0.4) is 0 Å². The number of amides is 2. The Hall–Kier alpha value is -3.00. The van der Waals surface area contributed by atoms with E-state index in [2.05, 4.69) is 0 Å². The van der Waals surface area contributed by atoms with Crippen molar-refractivity contribution < 1.29 is 28.2 Å². The summed E-state index contributed by atoms with van der Waals surface area (Å²) in [6.07, 6.45) is 0.495. The second kappa shape index (κ2) is 9.00. The van der Waals surface area contributed by atoms with E-state index in [-0.39, 0.29) is 43.3 Å². The van der Waals surface area contributed by atoms with Gasteiger partial charge in [0.05, 0.1) is 12.6 Å². The minimum atomic E-state index is -0.766. The smallest absolute Gasteiger partial charge is 0.260 e. The summed E-state index contributed by atoms with van der Waals surface area (Å²) in [5, 5.41) is 9.04. The third-order valence-corrected chi connectivity index (χ3v) is 4.81. The maximum atomic E-state index is 13.6. The molecular weight excluding hydrogens is 382 g/mol. The van der Waals surface area contributed by atoms with E-state index >= 15 is 0 Å². The predicted octanol–water partition coefficient (Wildman–Crippen LogP) is 2.49. The molecule has 1 N–H and O–H groups in total. The third-order valence-electron chi connectivity index (χ3n) is 4.81. The molecule has 0 saturated carbocycles. The Morgan fingerprint density at radius 2 is 1.83 bits per heavy atom. The van der Waals surface area contributed by atoms with Gasteiger partial charge < -0.3 is 19.6 Å². The Balaban J connectivity index is 1.62. The molecule has 2 amide bonds. The van der Waals surface area contributed by atoms with Gasteiger partial charge in [0, 0.05) is 31.8 Å². The molecule has 6 nitrogen and oxygen atoms in total. The van der Waals surface area contributed by atoms with Crippen molar-refractivity contribution in [3.05, 3.63) is 59.7 Å². The number of carbonyl (C=O) groups excluding carboxylic acids is 2. The van der Waals surface area contributed by atoms with E-state index in [1.165, 1.54) is 11.8 Å². The molecule has 0 radical (unpaired) electrons. The lowest BCUT2D eigenvalue weighted by Gasteiger charge is -2.28. The number of hydrogen-bond donors (Lipinski definition) is 1. The molecule has 2 aromatic rings. The van der Waals surface area contributed by atoms with E-state index in [0.29, 0.717) is 18.7 Å². The molecule has 1 unspecified atom stereocenters. The van der Waals surface area contributed by atoms with Crippen molar-refractivity contribution in [2.45, 2.75) is 26.0 Å². The van der Waals surface area contributed by atoms with E-state index in [0.717, 1.165) is 23.8 Å². The highest BCUT2D eigenvalue weighted by Crippen LogP contribution is 2.25. The monoisotopic (exact) mass is 404 g/mol. The highest BCUT2D eigenvalue weighted by molar-refractivity contribution is 5.92. The van der Waals surface area contributed by atoms with Crippen molar-refractivity contribution in [1.82, 2.24) is 4.90 Å². The van der Waals surface area contributed by atoms with Gasteiger partial charge in [0.25, 0.3) is 5.91 Å². The molecule has 1 fully saturated rings. The number of carbonyl (C=O) groups is 2. The normalized spacial score (nSPS) is 16.0. The summed E-state index contributed by atoms with van der Waals surface area (Å²) < 4.78 is 32.6. The number of ether oxygens (including phenoxy) is 1. The Bertz CT molecular complexity index is 868. The number of aliphatic hydroxyl groups is 1. The van der Waals surface area contributed by atoms with Crippen molar-refractivity contribution in [3.63, 3.8) is 0 Å². The quantitative estimate of drug-likeness (QED) is 0.803. The van der Waals surface area contributed by atoms with Crippen LogP contribution in [0, 0.1) is 11.6 Å². The first-order chi connectivity index (χ1) is 13.9. The molecule has 29 heavy (non-hydrogen) atoms. The van der Waals surface area contributed by atoms with Crippen LogP contribution < -0.4 is 9.64 Å². The number of anilines is 1. The molecule has 154 valence electrons. The Morgan fingerprint density at radius 3 is 2.41 bits per heavy atom. The first-order valence-electron chi connectivity index (χ1n) is 9.23. The van der Waals surface area contributed by atoms with Crippen LogP contribution in [0.15, 0.2) is 42.5 Å². The van der Waals surface area contributed by atoms with Crippen molar-refractivity contribution in [1.29, 1.82) is 0 Å². The van der Waals surface area contributed by atoms with Crippen LogP contribution in [0.1, 0.15) is 18.9 Å². The summed E-state index contributed by atoms with van der Waals surface area (Å²) in [5.41, 5.74) is 0.874. The fourth-order valence-electron chi connectivity index (χ4n) is 3.43. The van der Waals surface area contributed by atoms with Crippen molar-refractivity contribution in [3.8, 4) is 5.75 Å². The lowest BCUT2D eigenvalue weighted by molar-refractivity contribution is -0.132. The molecule has 1 saturated heterocycles. The first-order valence-corrected chi connectivity index (χ1v) is 9.23. The van der Waals surface area contributed by atoms with Crippen LogP contribution in [0.2, 0.25) is 0 Å². The van der Waals surface area contributed by atoms with Crippen LogP contribution in [0.4, 0.5) is 14.5 Å². The average Bonchev–Trinajstić information content (AvgIpc) is 3.15. The van der Waals surface area contributed by atoms with Crippen LogP contribution in [-0.4, -0.2) is 47.6 Å². The molecule has 1 aliphatic heterocycles. The standard InChI is InChI=1S/C21H22F2N2O4/c1-14(27)25(19-9-16(22)8-17(23)10-19)18-6-7-24(11-18)21(28)13-29-20-4-2-15(12-26)3-5-20/h2-5,8-10,18,26H,6-7,11-13H2,1H3. The molecule has 0 bridgehead atoms. The van der Waals surface area contributed by atoms with Crippen molar-refractivity contribution >= 4 is 17.5 Å². The predicted molar refractivity (Wildman–Crippen MR) is 102 cm³/mol. The summed E-state index contributed by atoms with van der Waals surface area (Å²) >= 11 is 0. The average molecular weight is 404 g/mol. The van der Waals surface area contributed by atoms with Gasteiger partial charge in [-0.25, -0.2) is 8.78 Å². The van der Waals surface area contributed by atoms with Crippen LogP contribution in [0.5, 0.6) is 5.75 Å². The zero-order chi connectivity index (χ0) is 21.0. The molecular formula is C21H22F2N2O4. The van der Waals surface area contributed by atoms with Gasteiger partial charge in [-0.2, -0.15) is 0 Å². The maximum absolute atomic E-state index is 13.6. The number of hydrogen-bond acceptors (Lipinski definition) is 4. The Morgan fingerprint density at radius 1 is 1.17 bits per heavy atom. The van der Waals surface area contributed by atoms with Crippen LogP contribution in [0.25, 0.3) is 0 Å². The zero-order valence-corrected chi connectivity index (χ0v) is 16.0.